The molecule has 1 saturated heterocycles. The van der Waals surface area contributed by atoms with Crippen molar-refractivity contribution in [3.63, 3.8) is 0 Å². The summed E-state index contributed by atoms with van der Waals surface area (Å²) in [6, 6.07) is 2.37. The van der Waals surface area contributed by atoms with Gasteiger partial charge < -0.3 is 28.8 Å². The first-order chi connectivity index (χ1) is 18.9. The molecule has 11 heteroatoms. The molecule has 8 atom stereocenters. The molecule has 4 rings (SSSR count). The Morgan fingerprint density at radius 3 is 2.10 bits per heavy atom. The van der Waals surface area contributed by atoms with Crippen LogP contribution in [0.2, 0.25) is 18.1 Å². The summed E-state index contributed by atoms with van der Waals surface area (Å²) >= 11 is 0. The van der Waals surface area contributed by atoms with Gasteiger partial charge in [-0.25, -0.2) is 0 Å². The second kappa shape index (κ2) is 10.4. The van der Waals surface area contributed by atoms with Gasteiger partial charge in [0.2, 0.25) is 0 Å². The molecule has 0 radical (unpaired) electrons. The summed E-state index contributed by atoms with van der Waals surface area (Å²) in [7, 11) is -2.38. The molecular weight excluding hydrogens is 548 g/mol. The second-order valence-corrected chi connectivity index (χ2v) is 17.9. The molecule has 41 heavy (non-hydrogen) atoms. The Morgan fingerprint density at radius 2 is 1.63 bits per heavy atom. The summed E-state index contributed by atoms with van der Waals surface area (Å²) in [5, 5.41) is 24.8. The van der Waals surface area contributed by atoms with E-state index >= 15 is 4.79 Å². The number of hydrogen-bond donors (Lipinski definition) is 2. The summed E-state index contributed by atoms with van der Waals surface area (Å²) in [5.41, 5.74) is -6.12. The van der Waals surface area contributed by atoms with Gasteiger partial charge in [-0.3, -0.25) is 19.2 Å². The lowest BCUT2D eigenvalue weighted by atomic mass is 9.45. The van der Waals surface area contributed by atoms with Crippen molar-refractivity contribution in [3.05, 3.63) is 11.1 Å². The van der Waals surface area contributed by atoms with Crippen molar-refractivity contribution in [2.45, 2.75) is 129 Å². The van der Waals surface area contributed by atoms with Crippen molar-refractivity contribution < 1.29 is 48.0 Å². The van der Waals surface area contributed by atoms with Crippen molar-refractivity contribution in [3.8, 4) is 0 Å². The molecule has 230 valence electrons. The highest BCUT2D eigenvalue weighted by molar-refractivity contribution is 6.73. The number of esters is 2. The third-order valence-corrected chi connectivity index (χ3v) is 15.8. The fourth-order valence-electron chi connectivity index (χ4n) is 8.29. The molecule has 3 aliphatic carbocycles. The Hall–Kier alpha value is -1.92. The van der Waals surface area contributed by atoms with Gasteiger partial charge in [-0.15, -0.1) is 0 Å². The highest BCUT2D eigenvalue weighted by Crippen LogP contribution is 2.64. The molecule has 4 aliphatic rings. The summed E-state index contributed by atoms with van der Waals surface area (Å²) < 4.78 is 24.7. The number of carbonyl (C=O) groups is 4. The average Bonchev–Trinajstić information content (AvgIpc) is 2.88. The smallest absolute Gasteiger partial charge is 0.303 e. The van der Waals surface area contributed by atoms with Crippen LogP contribution in [0.4, 0.5) is 0 Å². The maximum Gasteiger partial charge on any atom is 0.303 e. The van der Waals surface area contributed by atoms with Crippen LogP contribution in [0, 0.1) is 16.7 Å². The van der Waals surface area contributed by atoms with Crippen LogP contribution in [0.3, 0.4) is 0 Å². The molecule has 2 bridgehead atoms. The molecule has 1 aliphatic heterocycles. The number of allylic oxidation sites excluding steroid dienone is 1. The van der Waals surface area contributed by atoms with Crippen molar-refractivity contribution in [1.29, 1.82) is 0 Å². The third-order valence-electron chi connectivity index (χ3n) is 11.1. The van der Waals surface area contributed by atoms with Crippen molar-refractivity contribution in [2.24, 2.45) is 16.7 Å². The Morgan fingerprint density at radius 1 is 1.05 bits per heavy atom. The highest BCUT2D eigenvalue weighted by Gasteiger charge is 2.77. The topological polar surface area (TPSA) is 146 Å². The van der Waals surface area contributed by atoms with Gasteiger partial charge in [0, 0.05) is 38.0 Å². The number of hydrogen-bond acceptors (Lipinski definition) is 10. The number of carbonyl (C=O) groups excluding carboxylic acids is 4. The largest absolute Gasteiger partial charge is 0.454 e. The van der Waals surface area contributed by atoms with Gasteiger partial charge >= 0.3 is 11.9 Å². The lowest BCUT2D eigenvalue weighted by molar-refractivity contribution is -0.343. The molecule has 2 N–H and O–H groups in total. The van der Waals surface area contributed by atoms with E-state index in [1.165, 1.54) is 13.8 Å². The monoisotopic (exact) mass is 594 g/mol. The van der Waals surface area contributed by atoms with Crippen LogP contribution >= 0.6 is 0 Å². The molecule has 2 saturated carbocycles. The van der Waals surface area contributed by atoms with Crippen molar-refractivity contribution in [2.75, 3.05) is 6.61 Å². The van der Waals surface area contributed by atoms with Crippen LogP contribution < -0.4 is 0 Å². The predicted octanol–water partition coefficient (Wildman–Crippen LogP) is 3.03. The number of aliphatic hydroxyl groups excluding tert-OH is 1. The Labute approximate surface area is 243 Å². The molecule has 1 heterocycles. The summed E-state index contributed by atoms with van der Waals surface area (Å²) in [6.45, 7) is 15.0. The minimum atomic E-state index is -2.38. The molecule has 0 aromatic rings. The molecule has 10 nitrogen and oxygen atoms in total. The Bertz CT molecular complexity index is 1170. The van der Waals surface area contributed by atoms with E-state index in [9.17, 15) is 24.6 Å². The number of aliphatic hydroxyl groups is 2. The first-order valence-corrected chi connectivity index (χ1v) is 17.3. The Kier molecular flexibility index (Phi) is 8.09. The van der Waals surface area contributed by atoms with Gasteiger partial charge in [0.15, 0.2) is 31.6 Å². The maximum atomic E-state index is 15.1. The lowest BCUT2D eigenvalue weighted by Gasteiger charge is -2.67. The maximum absolute atomic E-state index is 15.1. The SMILES string of the molecule is CC[Si](CC)(CC)O[C@H]1C[C@H]2OC[C@@]2(OC(C)=O)C2C(O)[C@]3(O)CC(=O)C(C)=C([C@@H](OC(C)=O)C(=O)[C@@]21C)C3(C)C. The zero-order valence-electron chi connectivity index (χ0n) is 25.8. The summed E-state index contributed by atoms with van der Waals surface area (Å²) in [4.78, 5) is 53.5. The van der Waals surface area contributed by atoms with Crippen molar-refractivity contribution >= 4 is 31.8 Å². The molecule has 3 fully saturated rings. The molecule has 0 aromatic carbocycles. The zero-order valence-corrected chi connectivity index (χ0v) is 26.8. The van der Waals surface area contributed by atoms with E-state index in [0.29, 0.717) is 0 Å². The number of Topliss-reactive ketones (excluding diaryl/α,β-unsaturated/α-hetero) is 2. The lowest BCUT2D eigenvalue weighted by Crippen LogP contribution is -2.82. The first kappa shape index (κ1) is 32.0. The van der Waals surface area contributed by atoms with E-state index in [0.717, 1.165) is 18.1 Å². The van der Waals surface area contributed by atoms with Gasteiger partial charge in [-0.1, -0.05) is 34.6 Å². The third kappa shape index (κ3) is 4.32. The van der Waals surface area contributed by atoms with Gasteiger partial charge in [-0.05, 0) is 43.1 Å². The number of fused-ring (bicyclic) bond motifs is 5. The first-order valence-electron chi connectivity index (χ1n) is 14.8. The van der Waals surface area contributed by atoms with Gasteiger partial charge in [0.25, 0.3) is 0 Å². The quantitative estimate of drug-likeness (QED) is 0.333. The van der Waals surface area contributed by atoms with Crippen molar-refractivity contribution in [1.82, 2.24) is 0 Å². The number of rotatable bonds is 7. The predicted molar refractivity (Wildman–Crippen MR) is 150 cm³/mol. The van der Waals surface area contributed by atoms with E-state index in [1.807, 2.05) is 0 Å². The number of ketones is 2. The van der Waals surface area contributed by atoms with Crippen LogP contribution in [-0.2, 0) is 37.8 Å². The van der Waals surface area contributed by atoms with Gasteiger partial charge in [0.1, 0.15) is 11.7 Å². The van der Waals surface area contributed by atoms with Crippen LogP contribution in [0.5, 0.6) is 0 Å². The van der Waals surface area contributed by atoms with Crippen LogP contribution in [-0.4, -0.2) is 84.3 Å². The van der Waals surface area contributed by atoms with E-state index < -0.39 is 90.6 Å². The minimum Gasteiger partial charge on any atom is -0.454 e. The average molecular weight is 595 g/mol. The summed E-state index contributed by atoms with van der Waals surface area (Å²) in [6.07, 6.45) is -4.93. The fourth-order valence-corrected chi connectivity index (χ4v) is 11.2. The van der Waals surface area contributed by atoms with E-state index in [4.69, 9.17) is 18.6 Å². The molecular formula is C30H46O10Si. The number of ether oxygens (including phenoxy) is 3. The Balaban J connectivity index is 2.08. The molecule has 0 amide bonds. The van der Waals surface area contributed by atoms with Crippen LogP contribution in [0.15, 0.2) is 11.1 Å². The minimum absolute atomic E-state index is 0.100. The van der Waals surface area contributed by atoms with E-state index in [2.05, 4.69) is 20.8 Å². The highest BCUT2D eigenvalue weighted by atomic mass is 28.4. The molecule has 0 aromatic heterocycles. The van der Waals surface area contributed by atoms with E-state index in [1.54, 1.807) is 27.7 Å². The fraction of sp³-hybridized carbons (Fsp3) is 0.800. The van der Waals surface area contributed by atoms with E-state index in [-0.39, 0.29) is 24.2 Å². The standard InChI is InChI=1S/C30H46O10Si/c1-10-41(11-2,12-3)40-20-13-21-29(15-37-21,39-18(6)32)24-26(35)30(36)14-19(33)16(4)22(27(30,7)8)23(38-17(5)31)25(34)28(20,24)9/h20-21,23-24,26,35-36H,10-15H2,1-9H3/t20-,21+,23+,24?,26?,28+,29-,30+/m0/s1. The van der Waals surface area contributed by atoms with Crippen LogP contribution in [0.25, 0.3) is 0 Å². The molecule has 2 unspecified atom stereocenters. The van der Waals surface area contributed by atoms with Crippen LogP contribution in [0.1, 0.15) is 75.2 Å². The molecule has 0 spiro atoms. The summed E-state index contributed by atoms with van der Waals surface area (Å²) in [5.74, 6) is -3.59. The second-order valence-electron chi connectivity index (χ2n) is 13.2. The zero-order chi connectivity index (χ0) is 30.9. The normalized spacial score (nSPS) is 40.0. The van der Waals surface area contributed by atoms with Gasteiger partial charge in [-0.2, -0.15) is 0 Å². The van der Waals surface area contributed by atoms with Gasteiger partial charge in [0.05, 0.1) is 24.2 Å².